The second-order valence-corrected chi connectivity index (χ2v) is 18.2. The fourth-order valence-corrected chi connectivity index (χ4v) is 7.75. The molecule has 10 heteroatoms. The molecule has 0 aliphatic heterocycles. The first-order valence-corrected chi connectivity index (χ1v) is 26.5. The van der Waals surface area contributed by atoms with E-state index in [9.17, 15) is 24.2 Å². The van der Waals surface area contributed by atoms with Crippen LogP contribution in [-0.2, 0) is 27.9 Å². The van der Waals surface area contributed by atoms with Crippen LogP contribution in [0.3, 0.4) is 0 Å². The van der Waals surface area contributed by atoms with Gasteiger partial charge < -0.3 is 20.1 Å². The van der Waals surface area contributed by atoms with Crippen molar-refractivity contribution in [1.82, 2.24) is 5.32 Å². The summed E-state index contributed by atoms with van der Waals surface area (Å²) in [5.41, 5.74) is 0. The number of phosphoric ester groups is 1. The van der Waals surface area contributed by atoms with E-state index in [2.05, 4.69) is 55.6 Å². The molecule has 1 amide bonds. The molecule has 0 aromatic rings. The summed E-state index contributed by atoms with van der Waals surface area (Å²) in [6, 6.07) is 0. The number of carbonyl (C=O) groups excluding carboxylic acids is 2. The average molecular weight is 868 g/mol. The van der Waals surface area contributed by atoms with Gasteiger partial charge >= 0.3 is 13.8 Å². The van der Waals surface area contributed by atoms with Crippen LogP contribution in [0.25, 0.3) is 0 Å². The largest absolute Gasteiger partial charge is 0.472 e. The van der Waals surface area contributed by atoms with Crippen molar-refractivity contribution in [1.29, 1.82) is 0 Å². The number of nitrogens with one attached hydrogen (secondary N) is 1. The molecular formula is C50H94NO8P. The number of hydrogen-bond acceptors (Lipinski definition) is 7. The third-order valence-electron chi connectivity index (χ3n) is 10.8. The van der Waals surface area contributed by atoms with Crippen LogP contribution < -0.4 is 5.32 Å². The smallest absolute Gasteiger partial charge is 0.463 e. The summed E-state index contributed by atoms with van der Waals surface area (Å²) in [7, 11) is -4.42. The zero-order chi connectivity index (χ0) is 43.9. The standard InChI is InChI=1S/C50H94NO8P/c1-3-5-7-9-11-13-15-17-19-21-22-23-24-25-26-27-28-30-32-34-36-38-40-42-49(53)51-44-45-58-60(55,56)59-47-48(52)46-57-50(54)43-41-39-37-35-33-31-29-20-18-16-14-12-10-8-6-4-2/h11,13,17,19-20,29,48,52H,3-10,12,14-16,18,21-28,30-47H2,1-2H3,(H,51,53)(H,55,56)/b13-11-,19-17-,29-20-. The van der Waals surface area contributed by atoms with Crippen molar-refractivity contribution < 1.29 is 37.9 Å². The Morgan fingerprint density at radius 1 is 0.517 bits per heavy atom. The van der Waals surface area contributed by atoms with Crippen molar-refractivity contribution in [2.45, 2.75) is 245 Å². The zero-order valence-corrected chi connectivity index (χ0v) is 39.8. The van der Waals surface area contributed by atoms with Gasteiger partial charge in [-0.1, -0.05) is 192 Å². The van der Waals surface area contributed by atoms with Crippen molar-refractivity contribution in [2.24, 2.45) is 0 Å². The lowest BCUT2D eigenvalue weighted by atomic mass is 10.0. The first-order chi connectivity index (χ1) is 29.3. The number of aliphatic hydroxyl groups excluding tert-OH is 1. The van der Waals surface area contributed by atoms with E-state index in [1.165, 1.54) is 148 Å². The number of esters is 1. The fraction of sp³-hybridized carbons (Fsp3) is 0.840. The Hall–Kier alpha value is -1.77. The van der Waals surface area contributed by atoms with E-state index in [1.807, 2.05) is 0 Å². The zero-order valence-electron chi connectivity index (χ0n) is 38.9. The molecule has 0 aromatic carbocycles. The topological polar surface area (TPSA) is 131 Å². The minimum absolute atomic E-state index is 0.0814. The highest BCUT2D eigenvalue weighted by molar-refractivity contribution is 7.47. The molecule has 0 saturated carbocycles. The molecule has 0 fully saturated rings. The van der Waals surface area contributed by atoms with Gasteiger partial charge in [0.25, 0.3) is 0 Å². The molecule has 2 unspecified atom stereocenters. The number of allylic oxidation sites excluding steroid dienone is 6. The Balaban J connectivity index is 3.55. The van der Waals surface area contributed by atoms with Crippen molar-refractivity contribution in [2.75, 3.05) is 26.4 Å². The van der Waals surface area contributed by atoms with Gasteiger partial charge in [0.2, 0.25) is 5.91 Å². The average Bonchev–Trinajstić information content (AvgIpc) is 3.23. The maximum atomic E-state index is 12.1. The van der Waals surface area contributed by atoms with Gasteiger partial charge in [-0.15, -0.1) is 0 Å². The second kappa shape index (κ2) is 46.7. The molecule has 60 heavy (non-hydrogen) atoms. The number of ether oxygens (including phenoxy) is 1. The van der Waals surface area contributed by atoms with Crippen molar-refractivity contribution in [3.05, 3.63) is 36.5 Å². The molecule has 0 spiro atoms. The first kappa shape index (κ1) is 58.2. The molecule has 0 aliphatic rings. The lowest BCUT2D eigenvalue weighted by Crippen LogP contribution is -2.27. The van der Waals surface area contributed by atoms with Gasteiger partial charge in [0.05, 0.1) is 13.2 Å². The molecule has 0 rings (SSSR count). The van der Waals surface area contributed by atoms with Gasteiger partial charge in [-0.3, -0.25) is 18.6 Å². The van der Waals surface area contributed by atoms with E-state index in [0.29, 0.717) is 6.42 Å². The Bertz CT molecular complexity index is 1080. The summed E-state index contributed by atoms with van der Waals surface area (Å²) in [5.74, 6) is -0.520. The van der Waals surface area contributed by atoms with Crippen LogP contribution in [0.5, 0.6) is 0 Å². The van der Waals surface area contributed by atoms with E-state index in [-0.39, 0.29) is 32.1 Å². The van der Waals surface area contributed by atoms with Crippen LogP contribution in [0.1, 0.15) is 239 Å². The third kappa shape index (κ3) is 47.3. The highest BCUT2D eigenvalue weighted by Crippen LogP contribution is 2.42. The number of amides is 1. The summed E-state index contributed by atoms with van der Waals surface area (Å²) in [4.78, 5) is 34.0. The van der Waals surface area contributed by atoms with E-state index < -0.39 is 26.5 Å². The van der Waals surface area contributed by atoms with E-state index in [0.717, 1.165) is 64.2 Å². The molecule has 0 heterocycles. The van der Waals surface area contributed by atoms with Gasteiger partial charge in [-0.05, 0) is 70.6 Å². The number of rotatable bonds is 47. The first-order valence-electron chi connectivity index (χ1n) is 25.0. The fourth-order valence-electron chi connectivity index (χ4n) is 6.99. The number of unbranched alkanes of at least 4 members (excludes halogenated alkanes) is 28. The van der Waals surface area contributed by atoms with Crippen LogP contribution in [0.2, 0.25) is 0 Å². The number of aliphatic hydroxyl groups is 1. The third-order valence-corrected chi connectivity index (χ3v) is 11.8. The van der Waals surface area contributed by atoms with Gasteiger partial charge in [0.15, 0.2) is 0 Å². The predicted octanol–water partition coefficient (Wildman–Crippen LogP) is 14.5. The molecule has 0 radical (unpaired) electrons. The van der Waals surface area contributed by atoms with E-state index in [4.69, 9.17) is 13.8 Å². The normalized spacial score (nSPS) is 13.5. The summed E-state index contributed by atoms with van der Waals surface area (Å²) < 4.78 is 27.0. The van der Waals surface area contributed by atoms with Crippen LogP contribution in [0.4, 0.5) is 0 Å². The summed E-state index contributed by atoms with van der Waals surface area (Å²) in [6.07, 6.45) is 53.7. The van der Waals surface area contributed by atoms with Crippen molar-refractivity contribution in [3.63, 3.8) is 0 Å². The number of carbonyl (C=O) groups is 2. The Morgan fingerprint density at radius 2 is 0.900 bits per heavy atom. The summed E-state index contributed by atoms with van der Waals surface area (Å²) in [6.45, 7) is 3.55. The Kier molecular flexibility index (Phi) is 45.3. The van der Waals surface area contributed by atoms with Crippen LogP contribution in [-0.4, -0.2) is 54.3 Å². The molecule has 0 bridgehead atoms. The van der Waals surface area contributed by atoms with Gasteiger partial charge in [0, 0.05) is 19.4 Å². The second-order valence-electron chi connectivity index (χ2n) is 16.8. The molecule has 3 N–H and O–H groups in total. The minimum Gasteiger partial charge on any atom is -0.463 e. The summed E-state index contributed by atoms with van der Waals surface area (Å²) in [5, 5.41) is 12.7. The van der Waals surface area contributed by atoms with Crippen LogP contribution >= 0.6 is 7.82 Å². The van der Waals surface area contributed by atoms with E-state index in [1.54, 1.807) is 0 Å². The lowest BCUT2D eigenvalue weighted by Gasteiger charge is -2.15. The van der Waals surface area contributed by atoms with Gasteiger partial charge in [0.1, 0.15) is 12.7 Å². The monoisotopic (exact) mass is 868 g/mol. The predicted molar refractivity (Wildman–Crippen MR) is 252 cm³/mol. The van der Waals surface area contributed by atoms with Crippen molar-refractivity contribution >= 4 is 19.7 Å². The SMILES string of the molecule is CCCCC/C=C\C/C=C\CCCCCCCCCCCCCCCC(=O)NCCOP(=O)(O)OCC(O)COC(=O)CCCCCCC/C=C\CCCCCCCCC. The Morgan fingerprint density at radius 3 is 1.38 bits per heavy atom. The molecule has 0 saturated heterocycles. The molecular weight excluding hydrogens is 774 g/mol. The van der Waals surface area contributed by atoms with Crippen molar-refractivity contribution in [3.8, 4) is 0 Å². The van der Waals surface area contributed by atoms with Gasteiger partial charge in [-0.25, -0.2) is 4.57 Å². The molecule has 2 atom stereocenters. The minimum atomic E-state index is -4.42. The maximum absolute atomic E-state index is 12.1. The van der Waals surface area contributed by atoms with E-state index >= 15 is 0 Å². The number of hydrogen-bond donors (Lipinski definition) is 3. The molecule has 9 nitrogen and oxygen atoms in total. The van der Waals surface area contributed by atoms with Crippen LogP contribution in [0.15, 0.2) is 36.5 Å². The quantitative estimate of drug-likeness (QED) is 0.0238. The molecule has 352 valence electrons. The highest BCUT2D eigenvalue weighted by atomic mass is 31.2. The van der Waals surface area contributed by atoms with Crippen LogP contribution in [0, 0.1) is 0 Å². The lowest BCUT2D eigenvalue weighted by molar-refractivity contribution is -0.147. The highest BCUT2D eigenvalue weighted by Gasteiger charge is 2.23. The summed E-state index contributed by atoms with van der Waals surface area (Å²) >= 11 is 0. The molecule has 0 aromatic heterocycles. The molecule has 0 aliphatic carbocycles. The maximum Gasteiger partial charge on any atom is 0.472 e. The van der Waals surface area contributed by atoms with Gasteiger partial charge in [-0.2, -0.15) is 0 Å². The Labute approximate surface area is 369 Å². The number of phosphoric acid groups is 1.